The van der Waals surface area contributed by atoms with E-state index in [1.807, 2.05) is 28.0 Å². The van der Waals surface area contributed by atoms with Gasteiger partial charge in [-0.2, -0.15) is 0 Å². The van der Waals surface area contributed by atoms with Gasteiger partial charge in [-0.1, -0.05) is 6.58 Å². The molecule has 2 aromatic rings. The Morgan fingerprint density at radius 2 is 2.12 bits per heavy atom. The summed E-state index contributed by atoms with van der Waals surface area (Å²) in [4.78, 5) is 17.9. The average Bonchev–Trinajstić information content (AvgIpc) is 3.41. The Bertz CT molecular complexity index is 858. The molecule has 8 heteroatoms. The summed E-state index contributed by atoms with van der Waals surface area (Å²) in [6, 6.07) is 2.67. The van der Waals surface area contributed by atoms with Gasteiger partial charge in [0.1, 0.15) is 12.1 Å². The van der Waals surface area contributed by atoms with Gasteiger partial charge in [0, 0.05) is 43.8 Å². The van der Waals surface area contributed by atoms with Crippen LogP contribution in [0.1, 0.15) is 6.42 Å². The Morgan fingerprint density at radius 3 is 2.92 bits per heavy atom. The lowest BCUT2D eigenvalue weighted by Gasteiger charge is -2.24. The second kappa shape index (κ2) is 5.84. The Labute approximate surface area is 152 Å². The fourth-order valence-corrected chi connectivity index (χ4v) is 4.22. The molecule has 2 aromatic heterocycles. The van der Waals surface area contributed by atoms with Gasteiger partial charge < -0.3 is 14.4 Å². The zero-order chi connectivity index (χ0) is 17.7. The van der Waals surface area contributed by atoms with E-state index in [1.165, 1.54) is 13.0 Å². The van der Waals surface area contributed by atoms with Crippen LogP contribution in [0.5, 0.6) is 0 Å². The van der Waals surface area contributed by atoms with Crippen LogP contribution >= 0.6 is 0 Å². The Hall–Kier alpha value is -2.87. The summed E-state index contributed by atoms with van der Waals surface area (Å²) < 4.78 is 1.93. The van der Waals surface area contributed by atoms with E-state index >= 15 is 0 Å². The summed E-state index contributed by atoms with van der Waals surface area (Å²) in [6.45, 7) is 7.51. The van der Waals surface area contributed by atoms with Gasteiger partial charge in [0.15, 0.2) is 5.82 Å². The minimum atomic E-state index is 0.641. The number of nitrogens with zero attached hydrogens (tertiary/aromatic N) is 7. The zero-order valence-electron chi connectivity index (χ0n) is 14.8. The quantitative estimate of drug-likeness (QED) is 0.891. The van der Waals surface area contributed by atoms with Gasteiger partial charge in [-0.15, -0.1) is 0 Å². The molecule has 5 heterocycles. The highest BCUT2D eigenvalue weighted by molar-refractivity contribution is 5.74. The van der Waals surface area contributed by atoms with Crippen LogP contribution in [0.3, 0.4) is 0 Å². The van der Waals surface area contributed by atoms with Crippen molar-refractivity contribution in [3.8, 4) is 0 Å². The molecule has 0 radical (unpaired) electrons. The first-order valence-electron chi connectivity index (χ1n) is 8.92. The predicted octanol–water partition coefficient (Wildman–Crippen LogP) is 1.15. The van der Waals surface area contributed by atoms with Crippen molar-refractivity contribution in [3.63, 3.8) is 0 Å². The molecule has 1 N–H and O–H groups in total. The number of fused-ring (bicyclic) bond motifs is 1. The number of aromatic nitrogens is 4. The summed E-state index contributed by atoms with van der Waals surface area (Å²) >= 11 is 0. The van der Waals surface area contributed by atoms with E-state index in [9.17, 15) is 0 Å². The molecule has 8 nitrogen and oxygen atoms in total. The Balaban J connectivity index is 1.36. The third-order valence-corrected chi connectivity index (χ3v) is 5.70. The number of hydrogen-bond acceptors (Lipinski definition) is 7. The maximum Gasteiger partial charge on any atom is 0.157 e. The molecule has 26 heavy (non-hydrogen) atoms. The highest BCUT2D eigenvalue weighted by atomic mass is 15.6. The SMILES string of the molecule is C=C1C(n2ccnc2)=CNN1c1cc(N2CC3CCN(C)C3C2)ncn1. The monoisotopic (exact) mass is 350 g/mol. The van der Waals surface area contributed by atoms with Gasteiger partial charge in [-0.3, -0.25) is 5.43 Å². The highest BCUT2D eigenvalue weighted by Crippen LogP contribution is 2.34. The molecule has 0 aliphatic carbocycles. The number of likely N-dealkylation sites (tertiary alicyclic amines) is 1. The van der Waals surface area contributed by atoms with Crippen LogP contribution in [0.15, 0.2) is 49.6 Å². The number of hydrogen-bond donors (Lipinski definition) is 1. The minimum Gasteiger partial charge on any atom is -0.355 e. The number of allylic oxidation sites excluding steroid dienone is 1. The molecule has 3 aliphatic heterocycles. The molecule has 0 spiro atoms. The van der Waals surface area contributed by atoms with E-state index in [0.717, 1.165) is 42.0 Å². The van der Waals surface area contributed by atoms with Crippen LogP contribution in [0, 0.1) is 5.92 Å². The van der Waals surface area contributed by atoms with Crippen LogP contribution in [0.2, 0.25) is 0 Å². The fourth-order valence-electron chi connectivity index (χ4n) is 4.22. The van der Waals surface area contributed by atoms with Crippen molar-refractivity contribution in [1.82, 2.24) is 29.8 Å². The summed E-state index contributed by atoms with van der Waals surface area (Å²) in [6.07, 6.45) is 10.2. The first-order chi connectivity index (χ1) is 12.7. The highest BCUT2D eigenvalue weighted by Gasteiger charge is 2.40. The van der Waals surface area contributed by atoms with Crippen molar-refractivity contribution in [1.29, 1.82) is 0 Å². The van der Waals surface area contributed by atoms with Gasteiger partial charge in [0.25, 0.3) is 0 Å². The molecule has 0 amide bonds. The summed E-state index contributed by atoms with van der Waals surface area (Å²) in [5.41, 5.74) is 5.00. The normalized spacial score (nSPS) is 25.6. The van der Waals surface area contributed by atoms with Crippen LogP contribution in [-0.4, -0.2) is 57.1 Å². The van der Waals surface area contributed by atoms with Crippen LogP contribution < -0.4 is 15.3 Å². The first kappa shape index (κ1) is 15.4. The van der Waals surface area contributed by atoms with Crippen molar-refractivity contribution in [2.45, 2.75) is 12.5 Å². The third kappa shape index (κ3) is 2.37. The number of nitrogens with one attached hydrogen (secondary N) is 1. The van der Waals surface area contributed by atoms with Gasteiger partial charge >= 0.3 is 0 Å². The van der Waals surface area contributed by atoms with Crippen molar-refractivity contribution in [2.75, 3.05) is 36.6 Å². The van der Waals surface area contributed by atoms with Gasteiger partial charge in [-0.25, -0.2) is 20.0 Å². The second-order valence-electron chi connectivity index (χ2n) is 7.15. The number of hydrazine groups is 1. The van der Waals surface area contributed by atoms with E-state index < -0.39 is 0 Å². The van der Waals surface area contributed by atoms with Gasteiger partial charge in [-0.05, 0) is 25.9 Å². The van der Waals surface area contributed by atoms with E-state index in [2.05, 4.69) is 43.8 Å². The molecule has 2 atom stereocenters. The lowest BCUT2D eigenvalue weighted by atomic mass is 10.1. The minimum absolute atomic E-state index is 0.641. The Morgan fingerprint density at radius 1 is 1.23 bits per heavy atom. The van der Waals surface area contributed by atoms with Gasteiger partial charge in [0.05, 0.1) is 17.7 Å². The number of anilines is 2. The number of rotatable bonds is 3. The van der Waals surface area contributed by atoms with Crippen molar-refractivity contribution in [2.24, 2.45) is 5.92 Å². The molecule has 2 fully saturated rings. The molecule has 0 aromatic carbocycles. The maximum absolute atomic E-state index is 4.52. The van der Waals surface area contributed by atoms with Crippen LogP contribution in [0.4, 0.5) is 11.6 Å². The van der Waals surface area contributed by atoms with E-state index in [4.69, 9.17) is 0 Å². The molecular weight excluding hydrogens is 328 g/mol. The molecule has 0 bridgehead atoms. The molecule has 134 valence electrons. The lowest BCUT2D eigenvalue weighted by Crippen LogP contribution is -2.33. The zero-order valence-corrected chi connectivity index (χ0v) is 14.8. The van der Waals surface area contributed by atoms with E-state index in [0.29, 0.717) is 6.04 Å². The summed E-state index contributed by atoms with van der Waals surface area (Å²) in [5.74, 6) is 2.51. The summed E-state index contributed by atoms with van der Waals surface area (Å²) in [7, 11) is 2.22. The summed E-state index contributed by atoms with van der Waals surface area (Å²) in [5, 5.41) is 1.88. The topological polar surface area (TPSA) is 65.4 Å². The molecule has 5 rings (SSSR count). The lowest BCUT2D eigenvalue weighted by molar-refractivity contribution is 0.310. The van der Waals surface area contributed by atoms with Crippen molar-refractivity contribution in [3.05, 3.63) is 49.6 Å². The third-order valence-electron chi connectivity index (χ3n) is 5.70. The first-order valence-corrected chi connectivity index (χ1v) is 8.92. The van der Waals surface area contributed by atoms with E-state index in [1.54, 1.807) is 18.9 Å². The van der Waals surface area contributed by atoms with Crippen LogP contribution in [0.25, 0.3) is 5.70 Å². The largest absolute Gasteiger partial charge is 0.355 e. The van der Waals surface area contributed by atoms with Crippen molar-refractivity contribution < 1.29 is 0 Å². The average molecular weight is 350 g/mol. The van der Waals surface area contributed by atoms with Crippen LogP contribution in [-0.2, 0) is 0 Å². The van der Waals surface area contributed by atoms with E-state index in [-0.39, 0.29) is 0 Å². The Kier molecular flexibility index (Phi) is 3.46. The number of imidazole rings is 1. The molecule has 3 aliphatic rings. The molecule has 0 saturated carbocycles. The second-order valence-corrected chi connectivity index (χ2v) is 7.15. The smallest absolute Gasteiger partial charge is 0.157 e. The van der Waals surface area contributed by atoms with Gasteiger partial charge in [0.2, 0.25) is 0 Å². The standard InChI is InChI=1S/C18H22N8/c1-13-15(24-6-4-19-12-24)8-22-26(13)18-7-17(20-11-21-18)25-9-14-3-5-23(2)16(14)10-25/h4,6-8,11-12,14,16,22H,1,3,5,9-10H2,2H3. The van der Waals surface area contributed by atoms with Crippen molar-refractivity contribution >= 4 is 17.3 Å². The molecule has 2 saturated heterocycles. The fraction of sp³-hybridized carbons (Fsp3) is 0.389. The number of likely N-dealkylation sites (N-methyl/N-ethyl adjacent to an activating group) is 1. The maximum atomic E-state index is 4.52. The molecule has 2 unspecified atom stereocenters. The molecular formula is C18H22N8. The predicted molar refractivity (Wildman–Crippen MR) is 100 cm³/mol.